The Hall–Kier alpha value is -3.09. The summed E-state index contributed by atoms with van der Waals surface area (Å²) in [6.45, 7) is 0. The van der Waals surface area contributed by atoms with Crippen molar-refractivity contribution >= 4 is 22.6 Å². The van der Waals surface area contributed by atoms with Crippen molar-refractivity contribution in [3.8, 4) is 5.88 Å². The number of H-pyrrole nitrogens is 2. The smallest absolute Gasteiger partial charge is 0.256 e. The number of amides is 1. The van der Waals surface area contributed by atoms with Crippen LogP contribution in [0.3, 0.4) is 0 Å². The quantitative estimate of drug-likeness (QED) is 0.560. The van der Waals surface area contributed by atoms with Gasteiger partial charge in [0, 0.05) is 17.8 Å². The summed E-state index contributed by atoms with van der Waals surface area (Å²) < 4.78 is 0. The highest BCUT2D eigenvalue weighted by Gasteiger charge is 2.09. The van der Waals surface area contributed by atoms with Gasteiger partial charge >= 0.3 is 0 Å². The van der Waals surface area contributed by atoms with Crippen LogP contribution in [0.5, 0.6) is 5.88 Å². The number of nitrogens with zero attached hydrogens (tertiary/aromatic N) is 1. The van der Waals surface area contributed by atoms with Gasteiger partial charge in [0.05, 0.1) is 22.9 Å². The van der Waals surface area contributed by atoms with Crippen LogP contribution in [0, 0.1) is 0 Å². The summed E-state index contributed by atoms with van der Waals surface area (Å²) in [7, 11) is 0. The number of carbonyl (C=O) groups excluding carboxylic acids is 1. The van der Waals surface area contributed by atoms with Gasteiger partial charge in [0.15, 0.2) is 5.88 Å². The lowest BCUT2D eigenvalue weighted by molar-refractivity contribution is 0.102. The molecule has 7 heteroatoms. The molecule has 1 aromatic carbocycles. The van der Waals surface area contributed by atoms with Crippen molar-refractivity contribution in [1.29, 1.82) is 0 Å². The van der Waals surface area contributed by atoms with Crippen molar-refractivity contribution in [2.24, 2.45) is 0 Å². The van der Waals surface area contributed by atoms with Gasteiger partial charge in [-0.3, -0.25) is 14.6 Å². The van der Waals surface area contributed by atoms with E-state index in [4.69, 9.17) is 0 Å². The zero-order valence-corrected chi connectivity index (χ0v) is 10.2. The highest BCUT2D eigenvalue weighted by molar-refractivity contribution is 6.05. The van der Waals surface area contributed by atoms with E-state index in [0.717, 1.165) is 17.1 Å². The summed E-state index contributed by atoms with van der Waals surface area (Å²) in [5.41, 5.74) is 1.68. The van der Waals surface area contributed by atoms with E-state index in [-0.39, 0.29) is 11.4 Å². The van der Waals surface area contributed by atoms with E-state index in [1.807, 2.05) is 0 Å². The van der Waals surface area contributed by atoms with Crippen LogP contribution in [0.15, 0.2) is 41.5 Å². The Kier molecular flexibility index (Phi) is 2.72. The molecule has 0 aliphatic rings. The monoisotopic (exact) mass is 270 g/mol. The number of carbonyl (C=O) groups is 1. The van der Waals surface area contributed by atoms with Crippen LogP contribution in [0.1, 0.15) is 10.4 Å². The molecule has 0 aliphatic heterocycles. The minimum atomic E-state index is -0.542. The molecule has 3 aromatic rings. The Morgan fingerprint density at radius 1 is 1.25 bits per heavy atom. The van der Waals surface area contributed by atoms with Crippen molar-refractivity contribution in [2.45, 2.75) is 0 Å². The van der Waals surface area contributed by atoms with E-state index in [1.54, 1.807) is 24.5 Å². The molecule has 100 valence electrons. The Labute approximate surface area is 112 Å². The Bertz CT molecular complexity index is 850. The number of aromatic hydroxyl groups is 1. The molecular weight excluding hydrogens is 260 g/mol. The second-order valence-corrected chi connectivity index (χ2v) is 4.21. The summed E-state index contributed by atoms with van der Waals surface area (Å²) in [6.07, 6.45) is 1.56. The lowest BCUT2D eigenvalue weighted by Gasteiger charge is -2.05. The first-order chi connectivity index (χ1) is 9.61. The number of aromatic nitrogens is 3. The van der Waals surface area contributed by atoms with E-state index in [0.29, 0.717) is 5.69 Å². The number of fused-ring (bicyclic) bond motifs is 1. The first kappa shape index (κ1) is 12.0. The van der Waals surface area contributed by atoms with Crippen molar-refractivity contribution in [3.63, 3.8) is 0 Å². The van der Waals surface area contributed by atoms with E-state index in [2.05, 4.69) is 20.3 Å². The molecular formula is C13H10N4O3. The molecule has 0 saturated carbocycles. The topological polar surface area (TPSA) is 111 Å². The zero-order valence-electron chi connectivity index (χ0n) is 10.2. The van der Waals surface area contributed by atoms with E-state index in [9.17, 15) is 14.7 Å². The minimum Gasteiger partial charge on any atom is -0.494 e. The fourth-order valence-corrected chi connectivity index (χ4v) is 1.88. The molecule has 0 fully saturated rings. The normalized spacial score (nSPS) is 10.6. The summed E-state index contributed by atoms with van der Waals surface area (Å²) in [5, 5.41) is 11.9. The van der Waals surface area contributed by atoms with Crippen molar-refractivity contribution in [1.82, 2.24) is 15.0 Å². The average molecular weight is 270 g/mol. The Morgan fingerprint density at radius 2 is 2.10 bits per heavy atom. The van der Waals surface area contributed by atoms with Crippen molar-refractivity contribution < 1.29 is 9.90 Å². The van der Waals surface area contributed by atoms with Gasteiger partial charge in [-0.2, -0.15) is 0 Å². The molecule has 0 spiro atoms. The van der Waals surface area contributed by atoms with Crippen LogP contribution < -0.4 is 10.9 Å². The minimum absolute atomic E-state index is 0.0796. The van der Waals surface area contributed by atoms with Crippen LogP contribution in [0.2, 0.25) is 0 Å². The van der Waals surface area contributed by atoms with Crippen LogP contribution >= 0.6 is 0 Å². The molecule has 0 bridgehead atoms. The van der Waals surface area contributed by atoms with Gasteiger partial charge in [-0.25, -0.2) is 4.98 Å². The molecule has 3 rings (SSSR count). The van der Waals surface area contributed by atoms with Gasteiger partial charge in [-0.15, -0.1) is 0 Å². The van der Waals surface area contributed by atoms with Gasteiger partial charge in [0.25, 0.3) is 11.5 Å². The SMILES string of the molecule is O=C(Nc1ccc2nc[nH]c2c1)c1cc(O)[nH]c(=O)c1. The molecule has 0 unspecified atom stereocenters. The van der Waals surface area contributed by atoms with Crippen LogP contribution in [0.4, 0.5) is 5.69 Å². The number of benzene rings is 1. The number of anilines is 1. The number of nitrogens with one attached hydrogen (secondary N) is 3. The molecule has 2 heterocycles. The number of rotatable bonds is 2. The highest BCUT2D eigenvalue weighted by Crippen LogP contribution is 2.16. The molecule has 0 saturated heterocycles. The van der Waals surface area contributed by atoms with Crippen LogP contribution in [0.25, 0.3) is 11.0 Å². The van der Waals surface area contributed by atoms with E-state index < -0.39 is 11.5 Å². The molecule has 0 aliphatic carbocycles. The Morgan fingerprint density at radius 3 is 2.90 bits per heavy atom. The predicted octanol–water partition coefficient (Wildman–Crippen LogP) is 1.21. The molecule has 20 heavy (non-hydrogen) atoms. The number of imidazole rings is 1. The van der Waals surface area contributed by atoms with Gasteiger partial charge in [0.1, 0.15) is 0 Å². The van der Waals surface area contributed by atoms with Gasteiger partial charge in [-0.1, -0.05) is 0 Å². The molecule has 7 nitrogen and oxygen atoms in total. The zero-order chi connectivity index (χ0) is 14.1. The van der Waals surface area contributed by atoms with Gasteiger partial charge in [-0.05, 0) is 18.2 Å². The third kappa shape index (κ3) is 2.24. The maximum atomic E-state index is 12.0. The summed E-state index contributed by atoms with van der Waals surface area (Å²) in [5.74, 6) is -0.836. The summed E-state index contributed by atoms with van der Waals surface area (Å²) in [6, 6.07) is 7.49. The molecule has 2 aromatic heterocycles. The maximum absolute atomic E-state index is 12.0. The Balaban J connectivity index is 1.89. The molecule has 0 radical (unpaired) electrons. The molecule has 1 amide bonds. The molecule has 4 N–H and O–H groups in total. The third-order valence-electron chi connectivity index (χ3n) is 2.77. The second-order valence-electron chi connectivity index (χ2n) is 4.21. The van der Waals surface area contributed by atoms with Gasteiger partial charge < -0.3 is 15.4 Å². The number of hydrogen-bond donors (Lipinski definition) is 4. The third-order valence-corrected chi connectivity index (χ3v) is 2.77. The lowest BCUT2D eigenvalue weighted by atomic mass is 10.2. The largest absolute Gasteiger partial charge is 0.494 e. The fraction of sp³-hybridized carbons (Fsp3) is 0. The fourth-order valence-electron chi connectivity index (χ4n) is 1.88. The summed E-state index contributed by atoms with van der Waals surface area (Å²) in [4.78, 5) is 32.4. The predicted molar refractivity (Wildman–Crippen MR) is 72.8 cm³/mol. The lowest BCUT2D eigenvalue weighted by Crippen LogP contribution is -2.15. The first-order valence-electron chi connectivity index (χ1n) is 5.80. The summed E-state index contributed by atoms with van der Waals surface area (Å²) >= 11 is 0. The average Bonchev–Trinajstić information content (AvgIpc) is 2.85. The van der Waals surface area contributed by atoms with Crippen molar-refractivity contribution in [3.05, 3.63) is 52.6 Å². The maximum Gasteiger partial charge on any atom is 0.256 e. The number of hydrogen-bond acceptors (Lipinski definition) is 4. The van der Waals surface area contributed by atoms with Crippen LogP contribution in [-0.4, -0.2) is 26.0 Å². The van der Waals surface area contributed by atoms with Crippen molar-refractivity contribution in [2.75, 3.05) is 5.32 Å². The van der Waals surface area contributed by atoms with Crippen LogP contribution in [-0.2, 0) is 0 Å². The standard InChI is InChI=1S/C13H10N4O3/c18-11-3-7(4-12(19)17-11)13(20)16-8-1-2-9-10(5-8)15-6-14-9/h1-6H,(H,14,15)(H,16,20)(H2,17,18,19). The second kappa shape index (κ2) is 4.54. The van der Waals surface area contributed by atoms with E-state index >= 15 is 0 Å². The first-order valence-corrected chi connectivity index (χ1v) is 5.80. The number of pyridine rings is 1. The van der Waals surface area contributed by atoms with E-state index in [1.165, 1.54) is 6.07 Å². The highest BCUT2D eigenvalue weighted by atomic mass is 16.3. The number of aromatic amines is 2. The van der Waals surface area contributed by atoms with Gasteiger partial charge in [0.2, 0.25) is 0 Å². The molecule has 0 atom stereocenters.